The van der Waals surface area contributed by atoms with E-state index in [2.05, 4.69) is 46.1 Å². The van der Waals surface area contributed by atoms with Crippen molar-refractivity contribution < 1.29 is 0 Å². The van der Waals surface area contributed by atoms with Gasteiger partial charge in [-0.05, 0) is 48.5 Å². The van der Waals surface area contributed by atoms with Crippen LogP contribution in [0.25, 0.3) is 0 Å². The van der Waals surface area contributed by atoms with Gasteiger partial charge in [0.15, 0.2) is 5.11 Å². The average molecular weight is 348 g/mol. The van der Waals surface area contributed by atoms with Crippen molar-refractivity contribution in [3.8, 4) is 0 Å². The van der Waals surface area contributed by atoms with Gasteiger partial charge in [-0.3, -0.25) is 0 Å². The molecule has 0 aliphatic carbocycles. The molecule has 0 saturated carbocycles. The maximum Gasteiger partial charge on any atom is 0.171 e. The van der Waals surface area contributed by atoms with Crippen LogP contribution < -0.4 is 16.0 Å². The summed E-state index contributed by atoms with van der Waals surface area (Å²) in [6.45, 7) is 2.75. The predicted octanol–water partition coefficient (Wildman–Crippen LogP) is 4.62. The van der Waals surface area contributed by atoms with Crippen LogP contribution in [0, 0.1) is 6.92 Å². The second-order valence-electron chi connectivity index (χ2n) is 5.67. The maximum absolute atomic E-state index is 5.32. The van der Waals surface area contributed by atoms with Crippen molar-refractivity contribution in [1.29, 1.82) is 0 Å². The highest BCUT2D eigenvalue weighted by atomic mass is 32.1. The summed E-state index contributed by atoms with van der Waals surface area (Å²) in [4.78, 5) is 4.43. The molecule has 0 bridgehead atoms. The summed E-state index contributed by atoms with van der Waals surface area (Å²) in [5, 5.41) is 10.2. The zero-order chi connectivity index (χ0) is 17.5. The minimum Gasteiger partial charge on any atom is -0.358 e. The summed E-state index contributed by atoms with van der Waals surface area (Å²) in [5.74, 6) is 0.794. The molecule has 126 valence electrons. The molecule has 5 heteroatoms. The number of aryl methyl sites for hydroxylation is 1. The van der Waals surface area contributed by atoms with Crippen molar-refractivity contribution in [3.05, 3.63) is 84.1 Å². The molecule has 2 aromatic carbocycles. The van der Waals surface area contributed by atoms with Gasteiger partial charge in [0.25, 0.3) is 0 Å². The summed E-state index contributed by atoms with van der Waals surface area (Å²) in [7, 11) is 0. The molecule has 3 N–H and O–H groups in total. The Hall–Kier alpha value is -2.92. The van der Waals surface area contributed by atoms with Crippen LogP contribution >= 0.6 is 12.2 Å². The highest BCUT2D eigenvalue weighted by Crippen LogP contribution is 2.19. The minimum atomic E-state index is 0.574. The molecule has 0 unspecified atom stereocenters. The number of hydrogen-bond donors (Lipinski definition) is 3. The molecule has 0 saturated heterocycles. The average Bonchev–Trinajstić information content (AvgIpc) is 2.64. The van der Waals surface area contributed by atoms with Crippen LogP contribution in [0.5, 0.6) is 0 Å². The first kappa shape index (κ1) is 16.9. The Kier molecular flexibility index (Phi) is 5.59. The lowest BCUT2D eigenvalue weighted by Gasteiger charge is -2.12. The van der Waals surface area contributed by atoms with Crippen LogP contribution in [-0.2, 0) is 6.54 Å². The Bertz CT molecular complexity index is 832. The third-order valence-electron chi connectivity index (χ3n) is 3.73. The summed E-state index contributed by atoms with van der Waals surface area (Å²) in [6.07, 6.45) is 1.76. The Morgan fingerprint density at radius 2 is 1.72 bits per heavy atom. The molecule has 1 aromatic heterocycles. The van der Waals surface area contributed by atoms with E-state index in [4.69, 9.17) is 12.2 Å². The minimum absolute atomic E-state index is 0.574. The van der Waals surface area contributed by atoms with E-state index in [9.17, 15) is 0 Å². The molecule has 3 rings (SSSR count). The van der Waals surface area contributed by atoms with Gasteiger partial charge in [0.1, 0.15) is 5.82 Å². The van der Waals surface area contributed by atoms with E-state index in [1.807, 2.05) is 48.5 Å². The SMILES string of the molecule is Cc1ccccc1Nc1ccc(NC(=S)NCc2ccccc2)cn1. The van der Waals surface area contributed by atoms with Crippen molar-refractivity contribution in [1.82, 2.24) is 10.3 Å². The normalized spacial score (nSPS) is 10.1. The van der Waals surface area contributed by atoms with E-state index in [1.165, 1.54) is 11.1 Å². The van der Waals surface area contributed by atoms with Gasteiger partial charge in [0.2, 0.25) is 0 Å². The lowest BCUT2D eigenvalue weighted by Crippen LogP contribution is -2.27. The molecule has 0 radical (unpaired) electrons. The predicted molar refractivity (Wildman–Crippen MR) is 108 cm³/mol. The Morgan fingerprint density at radius 1 is 0.960 bits per heavy atom. The molecule has 25 heavy (non-hydrogen) atoms. The second kappa shape index (κ2) is 8.26. The van der Waals surface area contributed by atoms with Crippen LogP contribution in [0.4, 0.5) is 17.2 Å². The standard InChI is InChI=1S/C20H20N4S/c1-15-7-5-6-10-18(15)24-19-12-11-17(14-21-19)23-20(25)22-13-16-8-3-2-4-9-16/h2-12,14H,13H2,1H3,(H,21,24)(H2,22,23,25). The van der Waals surface area contributed by atoms with Gasteiger partial charge in [-0.25, -0.2) is 4.98 Å². The van der Waals surface area contributed by atoms with Crippen LogP contribution in [0.1, 0.15) is 11.1 Å². The molecule has 0 amide bonds. The molecule has 1 heterocycles. The fraction of sp³-hybridized carbons (Fsp3) is 0.100. The van der Waals surface area contributed by atoms with Gasteiger partial charge in [-0.2, -0.15) is 0 Å². The van der Waals surface area contributed by atoms with Gasteiger partial charge in [0.05, 0.1) is 11.9 Å². The smallest absolute Gasteiger partial charge is 0.171 e. The highest BCUT2D eigenvalue weighted by Gasteiger charge is 2.01. The van der Waals surface area contributed by atoms with E-state index in [-0.39, 0.29) is 0 Å². The van der Waals surface area contributed by atoms with Crippen LogP contribution in [0.2, 0.25) is 0 Å². The molecular formula is C20H20N4S. The fourth-order valence-electron chi connectivity index (χ4n) is 2.35. The lowest BCUT2D eigenvalue weighted by molar-refractivity contribution is 0.926. The monoisotopic (exact) mass is 348 g/mol. The van der Waals surface area contributed by atoms with Crippen LogP contribution in [0.15, 0.2) is 72.9 Å². The van der Waals surface area contributed by atoms with E-state index in [0.29, 0.717) is 11.7 Å². The topological polar surface area (TPSA) is 49.0 Å². The summed E-state index contributed by atoms with van der Waals surface area (Å²) in [5.41, 5.74) is 4.26. The zero-order valence-corrected chi connectivity index (χ0v) is 14.8. The third-order valence-corrected chi connectivity index (χ3v) is 3.97. The molecule has 0 aliphatic heterocycles. The van der Waals surface area contributed by atoms with Gasteiger partial charge in [-0.15, -0.1) is 0 Å². The number of para-hydroxylation sites is 1. The summed E-state index contributed by atoms with van der Waals surface area (Å²) < 4.78 is 0. The van der Waals surface area contributed by atoms with Crippen molar-refractivity contribution in [3.63, 3.8) is 0 Å². The van der Waals surface area contributed by atoms with Crippen molar-refractivity contribution in [2.45, 2.75) is 13.5 Å². The Labute approximate surface area is 153 Å². The Balaban J connectivity index is 1.53. The molecule has 4 nitrogen and oxygen atoms in total. The zero-order valence-electron chi connectivity index (χ0n) is 14.0. The number of thiocarbonyl (C=S) groups is 1. The number of nitrogens with one attached hydrogen (secondary N) is 3. The van der Waals surface area contributed by atoms with Gasteiger partial charge in [-0.1, -0.05) is 48.5 Å². The van der Waals surface area contributed by atoms with E-state index >= 15 is 0 Å². The van der Waals surface area contributed by atoms with Crippen LogP contribution in [-0.4, -0.2) is 10.1 Å². The number of hydrogen-bond acceptors (Lipinski definition) is 3. The Morgan fingerprint density at radius 3 is 2.44 bits per heavy atom. The van der Waals surface area contributed by atoms with Crippen molar-refractivity contribution in [2.24, 2.45) is 0 Å². The van der Waals surface area contributed by atoms with E-state index in [0.717, 1.165) is 17.2 Å². The van der Waals surface area contributed by atoms with Crippen molar-refractivity contribution in [2.75, 3.05) is 10.6 Å². The van der Waals surface area contributed by atoms with Crippen LogP contribution in [0.3, 0.4) is 0 Å². The maximum atomic E-state index is 5.32. The number of rotatable bonds is 5. The molecular weight excluding hydrogens is 328 g/mol. The number of benzene rings is 2. The third kappa shape index (κ3) is 5.02. The number of nitrogens with zero attached hydrogens (tertiary/aromatic N) is 1. The molecule has 0 fully saturated rings. The van der Waals surface area contributed by atoms with E-state index in [1.54, 1.807) is 6.20 Å². The molecule has 0 atom stereocenters. The van der Waals surface area contributed by atoms with E-state index < -0.39 is 0 Å². The molecule has 0 aliphatic rings. The van der Waals surface area contributed by atoms with Gasteiger partial charge in [0, 0.05) is 12.2 Å². The highest BCUT2D eigenvalue weighted by molar-refractivity contribution is 7.80. The van der Waals surface area contributed by atoms with Gasteiger partial charge >= 0.3 is 0 Å². The quantitative estimate of drug-likeness (QED) is 0.587. The summed E-state index contributed by atoms with van der Waals surface area (Å²) in [6, 6.07) is 22.1. The first-order valence-corrected chi connectivity index (χ1v) is 8.49. The number of pyridine rings is 1. The first-order valence-electron chi connectivity index (χ1n) is 8.08. The second-order valence-corrected chi connectivity index (χ2v) is 6.07. The fourth-order valence-corrected chi connectivity index (χ4v) is 2.54. The number of aromatic nitrogens is 1. The molecule has 0 spiro atoms. The van der Waals surface area contributed by atoms with Gasteiger partial charge < -0.3 is 16.0 Å². The number of anilines is 3. The first-order chi connectivity index (χ1) is 12.2. The largest absolute Gasteiger partial charge is 0.358 e. The molecule has 3 aromatic rings. The summed E-state index contributed by atoms with van der Waals surface area (Å²) >= 11 is 5.32. The lowest BCUT2D eigenvalue weighted by atomic mass is 10.2. The van der Waals surface area contributed by atoms with Crippen molar-refractivity contribution >= 4 is 34.5 Å².